The minimum atomic E-state index is -0.158. The second-order valence-electron chi connectivity index (χ2n) is 6.91. The number of aryl methyl sites for hydroxylation is 3. The molecule has 26 heavy (non-hydrogen) atoms. The molecule has 140 valence electrons. The van der Waals surface area contributed by atoms with E-state index in [4.69, 9.17) is 0 Å². The number of anilines is 1. The Hall–Kier alpha value is -2.43. The van der Waals surface area contributed by atoms with Crippen LogP contribution >= 0.6 is 0 Å². The fourth-order valence-electron chi connectivity index (χ4n) is 3.00. The molecule has 0 aliphatic rings. The largest absolute Gasteiger partial charge is 0.326 e. The molecule has 0 aliphatic carbocycles. The summed E-state index contributed by atoms with van der Waals surface area (Å²) in [5.41, 5.74) is 6.03. The van der Waals surface area contributed by atoms with E-state index in [9.17, 15) is 9.59 Å². The molecular formula is C21H29N3O2. The first-order valence-electron chi connectivity index (χ1n) is 9.28. The SMILES string of the molecule is CCCCc1c(C)nn(C(=O)CCC(=O)Nc2ccc(C)c(C)c2)c1C. The number of carbonyl (C=O) groups is 2. The summed E-state index contributed by atoms with van der Waals surface area (Å²) in [5, 5.41) is 7.24. The number of rotatable bonds is 7. The number of carbonyl (C=O) groups excluding carboxylic acids is 2. The number of unbranched alkanes of at least 4 members (excludes halogenated alkanes) is 1. The van der Waals surface area contributed by atoms with Gasteiger partial charge in [0.2, 0.25) is 11.8 Å². The van der Waals surface area contributed by atoms with Crippen LogP contribution in [0.2, 0.25) is 0 Å². The fraction of sp³-hybridized carbons (Fsp3) is 0.476. The van der Waals surface area contributed by atoms with Crippen LogP contribution in [0.15, 0.2) is 18.2 Å². The molecule has 1 amide bonds. The van der Waals surface area contributed by atoms with Crippen molar-refractivity contribution in [1.29, 1.82) is 0 Å². The Morgan fingerprint density at radius 3 is 2.46 bits per heavy atom. The van der Waals surface area contributed by atoms with Crippen molar-refractivity contribution in [2.24, 2.45) is 0 Å². The van der Waals surface area contributed by atoms with E-state index >= 15 is 0 Å². The van der Waals surface area contributed by atoms with Crippen LogP contribution in [-0.2, 0) is 11.2 Å². The Bertz CT molecular complexity index is 806. The highest BCUT2D eigenvalue weighted by molar-refractivity contribution is 5.93. The molecule has 0 saturated carbocycles. The topological polar surface area (TPSA) is 64.0 Å². The molecule has 2 rings (SSSR count). The normalized spacial score (nSPS) is 10.8. The molecule has 0 fully saturated rings. The first-order valence-corrected chi connectivity index (χ1v) is 9.28. The van der Waals surface area contributed by atoms with E-state index in [-0.39, 0.29) is 24.7 Å². The molecule has 0 unspecified atom stereocenters. The van der Waals surface area contributed by atoms with Crippen molar-refractivity contribution in [2.45, 2.75) is 66.7 Å². The molecule has 1 aromatic heterocycles. The van der Waals surface area contributed by atoms with E-state index in [1.807, 2.05) is 45.9 Å². The minimum Gasteiger partial charge on any atom is -0.326 e. The summed E-state index contributed by atoms with van der Waals surface area (Å²) in [7, 11) is 0. The molecule has 0 aliphatic heterocycles. The molecule has 0 bridgehead atoms. The standard InChI is InChI=1S/C21H29N3O2/c1-6-7-8-19-16(4)23-24(17(19)5)21(26)12-11-20(25)22-18-10-9-14(2)15(3)13-18/h9-10,13H,6-8,11-12H2,1-5H3,(H,22,25). The number of nitrogens with zero attached hydrogens (tertiary/aromatic N) is 2. The van der Waals surface area contributed by atoms with Crippen molar-refractivity contribution >= 4 is 17.5 Å². The molecule has 2 aromatic rings. The maximum atomic E-state index is 12.5. The predicted molar refractivity (Wildman–Crippen MR) is 105 cm³/mol. The van der Waals surface area contributed by atoms with Crippen molar-refractivity contribution in [2.75, 3.05) is 5.32 Å². The van der Waals surface area contributed by atoms with Gasteiger partial charge in [-0.2, -0.15) is 5.10 Å². The Morgan fingerprint density at radius 2 is 1.81 bits per heavy atom. The molecule has 1 heterocycles. The van der Waals surface area contributed by atoms with Crippen molar-refractivity contribution in [3.63, 3.8) is 0 Å². The summed E-state index contributed by atoms with van der Waals surface area (Å²) in [6.07, 6.45) is 3.42. The maximum Gasteiger partial charge on any atom is 0.247 e. The van der Waals surface area contributed by atoms with Crippen molar-refractivity contribution in [3.05, 3.63) is 46.3 Å². The van der Waals surface area contributed by atoms with Crippen LogP contribution in [-0.4, -0.2) is 21.6 Å². The van der Waals surface area contributed by atoms with Crippen LogP contribution in [0.25, 0.3) is 0 Å². The Balaban J connectivity index is 1.95. The highest BCUT2D eigenvalue weighted by atomic mass is 16.2. The Labute approximate surface area is 155 Å². The van der Waals surface area contributed by atoms with E-state index in [1.54, 1.807) is 0 Å². The third-order valence-electron chi connectivity index (χ3n) is 4.81. The lowest BCUT2D eigenvalue weighted by atomic mass is 10.1. The lowest BCUT2D eigenvalue weighted by Crippen LogP contribution is -2.18. The Kier molecular flexibility index (Phi) is 6.72. The number of aromatic nitrogens is 2. The summed E-state index contributed by atoms with van der Waals surface area (Å²) in [4.78, 5) is 24.6. The average Bonchev–Trinajstić information content (AvgIpc) is 2.88. The van der Waals surface area contributed by atoms with Gasteiger partial charge in [-0.15, -0.1) is 0 Å². The highest BCUT2D eigenvalue weighted by Crippen LogP contribution is 2.17. The zero-order chi connectivity index (χ0) is 19.3. The first kappa shape index (κ1) is 19.9. The van der Waals surface area contributed by atoms with E-state index < -0.39 is 0 Å². The van der Waals surface area contributed by atoms with E-state index in [0.717, 1.165) is 47.5 Å². The van der Waals surface area contributed by atoms with Gasteiger partial charge in [-0.1, -0.05) is 19.4 Å². The van der Waals surface area contributed by atoms with Gasteiger partial charge < -0.3 is 5.32 Å². The predicted octanol–water partition coefficient (Wildman–Crippen LogP) is 4.52. The van der Waals surface area contributed by atoms with E-state index in [1.165, 1.54) is 10.2 Å². The molecule has 0 radical (unpaired) electrons. The molecule has 5 heteroatoms. The van der Waals surface area contributed by atoms with Gasteiger partial charge in [-0.05, 0) is 69.4 Å². The third kappa shape index (κ3) is 4.81. The minimum absolute atomic E-state index is 0.136. The second-order valence-corrected chi connectivity index (χ2v) is 6.91. The maximum absolute atomic E-state index is 12.5. The lowest BCUT2D eigenvalue weighted by Gasteiger charge is -2.08. The average molecular weight is 355 g/mol. The van der Waals surface area contributed by atoms with Gasteiger partial charge in [0.25, 0.3) is 0 Å². The molecular weight excluding hydrogens is 326 g/mol. The van der Waals surface area contributed by atoms with Gasteiger partial charge in [0.15, 0.2) is 0 Å². The first-order chi connectivity index (χ1) is 12.3. The smallest absolute Gasteiger partial charge is 0.247 e. The number of amides is 1. The highest BCUT2D eigenvalue weighted by Gasteiger charge is 2.17. The second kappa shape index (κ2) is 8.79. The van der Waals surface area contributed by atoms with Crippen molar-refractivity contribution < 1.29 is 9.59 Å². The van der Waals surface area contributed by atoms with Gasteiger partial charge in [0, 0.05) is 24.2 Å². The molecule has 0 spiro atoms. The molecule has 1 aromatic carbocycles. The van der Waals surface area contributed by atoms with Crippen LogP contribution in [0.4, 0.5) is 5.69 Å². The van der Waals surface area contributed by atoms with Gasteiger partial charge in [0.05, 0.1) is 5.69 Å². The van der Waals surface area contributed by atoms with Crippen LogP contribution < -0.4 is 5.32 Å². The van der Waals surface area contributed by atoms with Crippen LogP contribution in [0, 0.1) is 27.7 Å². The summed E-state index contributed by atoms with van der Waals surface area (Å²) in [6.45, 7) is 10.1. The summed E-state index contributed by atoms with van der Waals surface area (Å²) < 4.78 is 1.46. The zero-order valence-electron chi connectivity index (χ0n) is 16.5. The summed E-state index contributed by atoms with van der Waals surface area (Å²) in [5.74, 6) is -0.294. The van der Waals surface area contributed by atoms with Crippen molar-refractivity contribution in [1.82, 2.24) is 9.78 Å². The van der Waals surface area contributed by atoms with Crippen LogP contribution in [0.1, 0.15) is 65.5 Å². The number of benzene rings is 1. The number of hydrogen-bond donors (Lipinski definition) is 1. The third-order valence-corrected chi connectivity index (χ3v) is 4.81. The van der Waals surface area contributed by atoms with E-state index in [0.29, 0.717) is 0 Å². The van der Waals surface area contributed by atoms with Gasteiger partial charge in [0.1, 0.15) is 0 Å². The van der Waals surface area contributed by atoms with Crippen molar-refractivity contribution in [3.8, 4) is 0 Å². The van der Waals surface area contributed by atoms with Gasteiger partial charge >= 0.3 is 0 Å². The zero-order valence-corrected chi connectivity index (χ0v) is 16.5. The van der Waals surface area contributed by atoms with Gasteiger partial charge in [-0.25, -0.2) is 4.68 Å². The summed E-state index contributed by atoms with van der Waals surface area (Å²) >= 11 is 0. The Morgan fingerprint density at radius 1 is 1.08 bits per heavy atom. The monoisotopic (exact) mass is 355 g/mol. The fourth-order valence-corrected chi connectivity index (χ4v) is 3.00. The molecule has 5 nitrogen and oxygen atoms in total. The molecule has 0 saturated heterocycles. The van der Waals surface area contributed by atoms with E-state index in [2.05, 4.69) is 17.3 Å². The number of hydrogen-bond acceptors (Lipinski definition) is 3. The molecule has 0 atom stereocenters. The quantitative estimate of drug-likeness (QED) is 0.794. The number of nitrogens with one attached hydrogen (secondary N) is 1. The van der Waals surface area contributed by atoms with Gasteiger partial charge in [-0.3, -0.25) is 9.59 Å². The molecule has 1 N–H and O–H groups in total. The van der Waals surface area contributed by atoms with Crippen LogP contribution in [0.3, 0.4) is 0 Å². The summed E-state index contributed by atoms with van der Waals surface area (Å²) in [6, 6.07) is 5.79. The lowest BCUT2D eigenvalue weighted by molar-refractivity contribution is -0.116. The van der Waals surface area contributed by atoms with Crippen LogP contribution in [0.5, 0.6) is 0 Å².